The summed E-state index contributed by atoms with van der Waals surface area (Å²) in [6.45, 7) is 2.49. The van der Waals surface area contributed by atoms with Gasteiger partial charge in [0.05, 0.1) is 19.3 Å². The predicted octanol–water partition coefficient (Wildman–Crippen LogP) is 3.20. The van der Waals surface area contributed by atoms with Crippen molar-refractivity contribution in [2.75, 3.05) is 20.2 Å². The first-order valence-electron chi connectivity index (χ1n) is 10.1. The predicted molar refractivity (Wildman–Crippen MR) is 121 cm³/mol. The van der Waals surface area contributed by atoms with E-state index >= 15 is 0 Å². The molecular formula is C24H26N4O3. The van der Waals surface area contributed by atoms with Gasteiger partial charge in [-0.2, -0.15) is 5.10 Å². The summed E-state index contributed by atoms with van der Waals surface area (Å²) in [5, 5.41) is 10.0. The lowest BCUT2D eigenvalue weighted by molar-refractivity contribution is -0.123. The van der Waals surface area contributed by atoms with Gasteiger partial charge in [0.25, 0.3) is 0 Å². The Labute approximate surface area is 181 Å². The summed E-state index contributed by atoms with van der Waals surface area (Å²) in [4.78, 5) is 23.9. The van der Waals surface area contributed by atoms with Crippen LogP contribution < -0.4 is 15.4 Å². The van der Waals surface area contributed by atoms with E-state index in [1.54, 1.807) is 17.9 Å². The fourth-order valence-corrected chi connectivity index (χ4v) is 2.99. The van der Waals surface area contributed by atoms with E-state index in [1.807, 2.05) is 67.7 Å². The largest absolute Gasteiger partial charge is 0.496 e. The molecule has 7 heteroatoms. The van der Waals surface area contributed by atoms with Crippen molar-refractivity contribution in [1.82, 2.24) is 20.4 Å². The third-order valence-corrected chi connectivity index (χ3v) is 4.53. The van der Waals surface area contributed by atoms with Crippen LogP contribution in [0.4, 0.5) is 0 Å². The number of rotatable bonds is 9. The summed E-state index contributed by atoms with van der Waals surface area (Å²) < 4.78 is 7.26. The molecule has 2 N–H and O–H groups in total. The van der Waals surface area contributed by atoms with Gasteiger partial charge in [0.2, 0.25) is 11.8 Å². The maximum atomic E-state index is 12.2. The lowest BCUT2D eigenvalue weighted by Crippen LogP contribution is -2.36. The third kappa shape index (κ3) is 5.82. The van der Waals surface area contributed by atoms with Gasteiger partial charge in [-0.15, -0.1) is 0 Å². The van der Waals surface area contributed by atoms with Crippen LogP contribution in [0.15, 0.2) is 66.9 Å². The fraction of sp³-hybridized carbons (Fsp3) is 0.208. The second-order valence-corrected chi connectivity index (χ2v) is 6.81. The van der Waals surface area contributed by atoms with Crippen LogP contribution in [0.25, 0.3) is 23.0 Å². The van der Waals surface area contributed by atoms with Crippen molar-refractivity contribution in [1.29, 1.82) is 0 Å². The van der Waals surface area contributed by atoms with Crippen LogP contribution in [0.2, 0.25) is 0 Å². The number of carbonyl (C=O) groups excluding carboxylic acids is 2. The van der Waals surface area contributed by atoms with E-state index in [4.69, 9.17) is 9.84 Å². The Morgan fingerprint density at radius 1 is 1.06 bits per heavy atom. The SMILES string of the molecule is CCCNC(=O)CNC(=O)/C=C/c1cn(-c2ccccc2)nc1-c1ccccc1OC. The quantitative estimate of drug-likeness (QED) is 0.523. The average molecular weight is 418 g/mol. The van der Waals surface area contributed by atoms with Gasteiger partial charge in [-0.05, 0) is 36.8 Å². The molecule has 3 rings (SSSR count). The minimum atomic E-state index is -0.356. The maximum Gasteiger partial charge on any atom is 0.244 e. The highest BCUT2D eigenvalue weighted by atomic mass is 16.5. The summed E-state index contributed by atoms with van der Waals surface area (Å²) in [5.41, 5.74) is 3.15. The van der Waals surface area contributed by atoms with E-state index in [1.165, 1.54) is 6.08 Å². The van der Waals surface area contributed by atoms with Gasteiger partial charge in [0.15, 0.2) is 0 Å². The minimum Gasteiger partial charge on any atom is -0.496 e. The first kappa shape index (κ1) is 21.8. The average Bonchev–Trinajstić information content (AvgIpc) is 3.24. The van der Waals surface area contributed by atoms with Crippen molar-refractivity contribution >= 4 is 17.9 Å². The number of nitrogens with zero attached hydrogens (tertiary/aromatic N) is 2. The van der Waals surface area contributed by atoms with Gasteiger partial charge in [-0.25, -0.2) is 4.68 Å². The van der Waals surface area contributed by atoms with Gasteiger partial charge < -0.3 is 15.4 Å². The fourth-order valence-electron chi connectivity index (χ4n) is 2.99. The van der Waals surface area contributed by atoms with Crippen LogP contribution in [0.1, 0.15) is 18.9 Å². The Balaban J connectivity index is 1.86. The molecule has 0 saturated carbocycles. The highest BCUT2D eigenvalue weighted by Gasteiger charge is 2.14. The molecule has 0 fully saturated rings. The van der Waals surface area contributed by atoms with Crippen LogP contribution in [-0.4, -0.2) is 41.8 Å². The number of amides is 2. The zero-order chi connectivity index (χ0) is 22.1. The molecule has 0 atom stereocenters. The normalized spacial score (nSPS) is 10.8. The molecule has 0 spiro atoms. The molecule has 0 bridgehead atoms. The van der Waals surface area contributed by atoms with Crippen LogP contribution in [0.5, 0.6) is 5.75 Å². The summed E-state index contributed by atoms with van der Waals surface area (Å²) >= 11 is 0. The molecule has 2 amide bonds. The lowest BCUT2D eigenvalue weighted by Gasteiger charge is -2.06. The number of aromatic nitrogens is 2. The molecule has 2 aromatic carbocycles. The second-order valence-electron chi connectivity index (χ2n) is 6.81. The molecular weight excluding hydrogens is 392 g/mol. The third-order valence-electron chi connectivity index (χ3n) is 4.53. The first-order chi connectivity index (χ1) is 15.1. The van der Waals surface area contributed by atoms with Gasteiger partial charge >= 0.3 is 0 Å². The molecule has 1 heterocycles. The molecule has 160 valence electrons. The molecule has 0 unspecified atom stereocenters. The van der Waals surface area contributed by atoms with Crippen LogP contribution >= 0.6 is 0 Å². The Bertz CT molecular complexity index is 1060. The number of ether oxygens (including phenoxy) is 1. The summed E-state index contributed by atoms with van der Waals surface area (Å²) in [6.07, 6.45) is 5.79. The number of para-hydroxylation sites is 2. The van der Waals surface area contributed by atoms with Gasteiger partial charge in [-0.1, -0.05) is 37.3 Å². The highest BCUT2D eigenvalue weighted by Crippen LogP contribution is 2.32. The Hall–Kier alpha value is -3.87. The molecule has 3 aromatic rings. The summed E-state index contributed by atoms with van der Waals surface area (Å²) in [5.74, 6) is 0.118. The molecule has 0 aliphatic rings. The molecule has 31 heavy (non-hydrogen) atoms. The van der Waals surface area contributed by atoms with Gasteiger partial charge in [-0.3, -0.25) is 9.59 Å². The van der Waals surface area contributed by atoms with E-state index in [2.05, 4.69) is 10.6 Å². The van der Waals surface area contributed by atoms with E-state index < -0.39 is 0 Å². The topological polar surface area (TPSA) is 85.3 Å². The zero-order valence-electron chi connectivity index (χ0n) is 17.7. The molecule has 0 aliphatic carbocycles. The number of hydrogen-bond donors (Lipinski definition) is 2. The van der Waals surface area contributed by atoms with Crippen molar-refractivity contribution in [2.45, 2.75) is 13.3 Å². The van der Waals surface area contributed by atoms with Crippen LogP contribution in [0.3, 0.4) is 0 Å². The summed E-state index contributed by atoms with van der Waals surface area (Å²) in [7, 11) is 1.61. The monoisotopic (exact) mass is 418 g/mol. The van der Waals surface area contributed by atoms with Crippen molar-refractivity contribution < 1.29 is 14.3 Å². The maximum absolute atomic E-state index is 12.2. The van der Waals surface area contributed by atoms with Crippen molar-refractivity contribution in [3.05, 3.63) is 72.4 Å². The molecule has 7 nitrogen and oxygen atoms in total. The zero-order valence-corrected chi connectivity index (χ0v) is 17.7. The Kier molecular flexibility index (Phi) is 7.59. The lowest BCUT2D eigenvalue weighted by atomic mass is 10.1. The first-order valence-corrected chi connectivity index (χ1v) is 10.1. The minimum absolute atomic E-state index is 0.0637. The smallest absolute Gasteiger partial charge is 0.244 e. The number of nitrogens with one attached hydrogen (secondary N) is 2. The van der Waals surface area contributed by atoms with Crippen LogP contribution in [-0.2, 0) is 9.59 Å². The second kappa shape index (κ2) is 10.8. The van der Waals surface area contributed by atoms with Gasteiger partial charge in [0, 0.05) is 29.9 Å². The molecule has 0 aliphatic heterocycles. The Morgan fingerprint density at radius 3 is 2.55 bits per heavy atom. The number of carbonyl (C=O) groups is 2. The van der Waals surface area contributed by atoms with E-state index in [0.717, 1.165) is 23.2 Å². The molecule has 0 saturated heterocycles. The number of benzene rings is 2. The van der Waals surface area contributed by atoms with Crippen molar-refractivity contribution in [3.63, 3.8) is 0 Å². The number of hydrogen-bond acceptors (Lipinski definition) is 4. The van der Waals surface area contributed by atoms with E-state index in [9.17, 15) is 9.59 Å². The molecule has 0 radical (unpaired) electrons. The van der Waals surface area contributed by atoms with Gasteiger partial charge in [0.1, 0.15) is 11.4 Å². The standard InChI is InChI=1S/C24H26N4O3/c1-3-15-25-23(30)16-26-22(29)14-13-18-17-28(19-9-5-4-6-10-19)27-24(18)20-11-7-8-12-21(20)31-2/h4-14,17H,3,15-16H2,1-2H3,(H,25,30)(H,26,29)/b14-13+. The van der Waals surface area contributed by atoms with Crippen LogP contribution in [0, 0.1) is 0 Å². The molecule has 1 aromatic heterocycles. The van der Waals surface area contributed by atoms with E-state index in [-0.39, 0.29) is 18.4 Å². The highest BCUT2D eigenvalue weighted by molar-refractivity contribution is 5.95. The number of methoxy groups -OCH3 is 1. The summed E-state index contributed by atoms with van der Waals surface area (Å²) in [6, 6.07) is 17.3. The van der Waals surface area contributed by atoms with E-state index in [0.29, 0.717) is 18.0 Å². The van der Waals surface area contributed by atoms with Crippen molar-refractivity contribution in [2.24, 2.45) is 0 Å². The van der Waals surface area contributed by atoms with Crippen molar-refractivity contribution in [3.8, 4) is 22.7 Å². The Morgan fingerprint density at radius 2 is 1.81 bits per heavy atom.